The zero-order chi connectivity index (χ0) is 12.8. The minimum absolute atomic E-state index is 0.186. The predicted octanol–water partition coefficient (Wildman–Crippen LogP) is 2.22. The van der Waals surface area contributed by atoms with Gasteiger partial charge in [-0.15, -0.1) is 0 Å². The van der Waals surface area contributed by atoms with Crippen molar-refractivity contribution in [1.29, 1.82) is 0 Å². The minimum Gasteiger partial charge on any atom is -0.508 e. The molecule has 0 fully saturated rings. The molecule has 0 radical (unpaired) electrons. The van der Waals surface area contributed by atoms with Gasteiger partial charge in [0.2, 0.25) is 0 Å². The van der Waals surface area contributed by atoms with E-state index in [1.54, 1.807) is 30.3 Å². The summed E-state index contributed by atoms with van der Waals surface area (Å²) in [7, 11) is 0. The molecule has 18 heavy (non-hydrogen) atoms. The number of benzene rings is 2. The molecule has 0 unspecified atom stereocenters. The van der Waals surface area contributed by atoms with Crippen LogP contribution < -0.4 is 5.43 Å². The zero-order valence-corrected chi connectivity index (χ0v) is 9.74. The molecule has 0 aliphatic heterocycles. The first-order chi connectivity index (χ1) is 8.77. The number of hydrogen-bond acceptors (Lipinski definition) is 4. The molecule has 0 saturated carbocycles. The Morgan fingerprint density at radius 2 is 1.61 bits per heavy atom. The third-order valence-electron chi connectivity index (χ3n) is 2.49. The smallest absolute Gasteiger partial charge is 0.124 e. The molecule has 2 rings (SSSR count). The zero-order valence-electron chi connectivity index (χ0n) is 9.74. The molecular weight excluding hydrogens is 228 g/mol. The van der Waals surface area contributed by atoms with Crippen LogP contribution in [-0.2, 0) is 6.54 Å². The van der Waals surface area contributed by atoms with E-state index >= 15 is 0 Å². The van der Waals surface area contributed by atoms with Gasteiger partial charge in [0.05, 0.1) is 12.8 Å². The van der Waals surface area contributed by atoms with Gasteiger partial charge in [-0.1, -0.05) is 30.3 Å². The van der Waals surface area contributed by atoms with Gasteiger partial charge in [0, 0.05) is 11.1 Å². The lowest BCUT2D eigenvalue weighted by molar-refractivity contribution is 0.465. The third kappa shape index (κ3) is 3.01. The summed E-state index contributed by atoms with van der Waals surface area (Å²) in [5.41, 5.74) is 4.23. The van der Waals surface area contributed by atoms with Gasteiger partial charge in [0.15, 0.2) is 0 Å². The van der Waals surface area contributed by atoms with E-state index in [0.717, 1.165) is 5.56 Å². The van der Waals surface area contributed by atoms with Crippen molar-refractivity contribution in [3.8, 4) is 11.5 Å². The maximum absolute atomic E-state index is 9.54. The second-order valence-corrected chi connectivity index (χ2v) is 3.78. The molecule has 2 aromatic rings. The van der Waals surface area contributed by atoms with Crippen LogP contribution in [0, 0.1) is 0 Å². The maximum Gasteiger partial charge on any atom is 0.124 e. The molecule has 0 saturated heterocycles. The summed E-state index contributed by atoms with van der Waals surface area (Å²) in [6.45, 7) is 0.427. The topological polar surface area (TPSA) is 64.9 Å². The number of phenolic OH excluding ortho intramolecular Hbond substituents is 2. The van der Waals surface area contributed by atoms with Crippen molar-refractivity contribution in [1.82, 2.24) is 5.43 Å². The molecule has 0 amide bonds. The average Bonchev–Trinajstić information content (AvgIpc) is 2.38. The summed E-state index contributed by atoms with van der Waals surface area (Å²) in [6.07, 6.45) is 1.54. The fraction of sp³-hybridized carbons (Fsp3) is 0.0714. The van der Waals surface area contributed by atoms with Crippen LogP contribution in [0.2, 0.25) is 0 Å². The number of rotatable bonds is 4. The number of nitrogens with one attached hydrogen (secondary N) is 1. The molecule has 4 nitrogen and oxygen atoms in total. The van der Waals surface area contributed by atoms with Gasteiger partial charge in [-0.05, 0) is 18.2 Å². The van der Waals surface area contributed by atoms with Crippen LogP contribution in [0.15, 0.2) is 53.6 Å². The van der Waals surface area contributed by atoms with Crippen LogP contribution in [0.5, 0.6) is 11.5 Å². The van der Waals surface area contributed by atoms with Crippen molar-refractivity contribution in [2.75, 3.05) is 0 Å². The Morgan fingerprint density at radius 1 is 0.944 bits per heavy atom. The molecule has 0 aromatic heterocycles. The number of phenols is 2. The average molecular weight is 242 g/mol. The number of nitrogens with zero attached hydrogens (tertiary/aromatic N) is 1. The second kappa shape index (κ2) is 5.72. The van der Waals surface area contributed by atoms with E-state index in [1.807, 2.05) is 18.2 Å². The second-order valence-electron chi connectivity index (χ2n) is 3.78. The van der Waals surface area contributed by atoms with Gasteiger partial charge in [0.25, 0.3) is 0 Å². The van der Waals surface area contributed by atoms with Crippen LogP contribution >= 0.6 is 0 Å². The van der Waals surface area contributed by atoms with Crippen LogP contribution in [0.1, 0.15) is 11.1 Å². The summed E-state index contributed by atoms with van der Waals surface area (Å²) in [5.74, 6) is 0.424. The molecule has 2 aromatic carbocycles. The minimum atomic E-state index is 0.186. The van der Waals surface area contributed by atoms with Crippen molar-refractivity contribution in [2.24, 2.45) is 5.10 Å². The Labute approximate surface area is 105 Å². The number of hydrogen-bond donors (Lipinski definition) is 3. The Morgan fingerprint density at radius 3 is 2.33 bits per heavy atom. The molecule has 0 bridgehead atoms. The predicted molar refractivity (Wildman–Crippen MR) is 70.6 cm³/mol. The molecule has 0 aliphatic carbocycles. The highest BCUT2D eigenvalue weighted by Crippen LogP contribution is 2.15. The summed E-state index contributed by atoms with van der Waals surface area (Å²) < 4.78 is 0. The van der Waals surface area contributed by atoms with E-state index in [1.165, 1.54) is 6.21 Å². The molecule has 92 valence electrons. The molecule has 3 N–H and O–H groups in total. The number of hydrazone groups is 1. The molecular formula is C14H14N2O2. The van der Waals surface area contributed by atoms with Crippen molar-refractivity contribution in [3.05, 3.63) is 59.7 Å². The van der Waals surface area contributed by atoms with E-state index in [4.69, 9.17) is 0 Å². The van der Waals surface area contributed by atoms with Crippen LogP contribution in [0.4, 0.5) is 0 Å². The van der Waals surface area contributed by atoms with Gasteiger partial charge in [-0.2, -0.15) is 5.10 Å². The van der Waals surface area contributed by atoms with Crippen molar-refractivity contribution < 1.29 is 10.2 Å². The van der Waals surface area contributed by atoms with Gasteiger partial charge >= 0.3 is 0 Å². The quantitative estimate of drug-likeness (QED) is 0.569. The fourth-order valence-electron chi connectivity index (χ4n) is 1.50. The Kier molecular flexibility index (Phi) is 3.81. The fourth-order valence-corrected chi connectivity index (χ4v) is 1.50. The molecule has 0 heterocycles. The first kappa shape index (κ1) is 12.0. The maximum atomic E-state index is 9.54. The van der Waals surface area contributed by atoms with Gasteiger partial charge in [-0.3, -0.25) is 0 Å². The Hall–Kier alpha value is -2.49. The molecule has 0 atom stereocenters. The summed E-state index contributed by atoms with van der Waals surface area (Å²) in [5, 5.41) is 23.0. The monoisotopic (exact) mass is 242 g/mol. The summed E-state index contributed by atoms with van der Waals surface area (Å²) >= 11 is 0. The lowest BCUT2D eigenvalue weighted by Gasteiger charge is -2.03. The summed E-state index contributed by atoms with van der Waals surface area (Å²) in [6, 6.07) is 14.0. The number of para-hydroxylation sites is 2. The van der Waals surface area contributed by atoms with Crippen LogP contribution in [0.3, 0.4) is 0 Å². The third-order valence-corrected chi connectivity index (χ3v) is 2.49. The SMILES string of the molecule is Oc1ccccc1/C=N/NCc1ccccc1O. The van der Waals surface area contributed by atoms with Crippen molar-refractivity contribution in [2.45, 2.75) is 6.54 Å². The molecule has 4 heteroatoms. The largest absolute Gasteiger partial charge is 0.508 e. The van der Waals surface area contributed by atoms with E-state index in [9.17, 15) is 10.2 Å². The van der Waals surface area contributed by atoms with E-state index < -0.39 is 0 Å². The number of aromatic hydroxyl groups is 2. The first-order valence-corrected chi connectivity index (χ1v) is 5.58. The molecule has 0 spiro atoms. The van der Waals surface area contributed by atoms with E-state index in [-0.39, 0.29) is 11.5 Å². The van der Waals surface area contributed by atoms with Crippen LogP contribution in [0.25, 0.3) is 0 Å². The van der Waals surface area contributed by atoms with Gasteiger partial charge < -0.3 is 15.6 Å². The van der Waals surface area contributed by atoms with Gasteiger partial charge in [-0.25, -0.2) is 0 Å². The highest BCUT2D eigenvalue weighted by molar-refractivity contribution is 5.82. The lowest BCUT2D eigenvalue weighted by Crippen LogP contribution is -2.05. The lowest BCUT2D eigenvalue weighted by atomic mass is 10.2. The highest BCUT2D eigenvalue weighted by Gasteiger charge is 1.97. The highest BCUT2D eigenvalue weighted by atomic mass is 16.3. The Bertz CT molecular complexity index is 553. The van der Waals surface area contributed by atoms with E-state index in [0.29, 0.717) is 12.1 Å². The summed E-state index contributed by atoms with van der Waals surface area (Å²) in [4.78, 5) is 0. The van der Waals surface area contributed by atoms with Crippen molar-refractivity contribution >= 4 is 6.21 Å². The molecule has 0 aliphatic rings. The van der Waals surface area contributed by atoms with Crippen molar-refractivity contribution in [3.63, 3.8) is 0 Å². The van der Waals surface area contributed by atoms with Gasteiger partial charge in [0.1, 0.15) is 11.5 Å². The Balaban J connectivity index is 1.93. The van der Waals surface area contributed by atoms with E-state index in [2.05, 4.69) is 10.5 Å². The van der Waals surface area contributed by atoms with Crippen LogP contribution in [-0.4, -0.2) is 16.4 Å². The standard InChI is InChI=1S/C14H14N2O2/c17-13-7-3-1-5-11(13)9-15-16-10-12-6-2-4-8-14(12)18/h1-9,16-18H,10H2/b15-9+. The normalized spacial score (nSPS) is 10.7. The first-order valence-electron chi connectivity index (χ1n) is 5.58.